The van der Waals surface area contributed by atoms with Crippen LogP contribution in [0.3, 0.4) is 0 Å². The van der Waals surface area contributed by atoms with Crippen LogP contribution in [0.15, 0.2) is 42.7 Å². The van der Waals surface area contributed by atoms with E-state index in [-0.39, 0.29) is 0 Å². The van der Waals surface area contributed by atoms with Crippen molar-refractivity contribution in [2.24, 2.45) is 5.92 Å². The Hall–Kier alpha value is -1.77. The molecule has 0 saturated carbocycles. The quantitative estimate of drug-likeness (QED) is 0.867. The first-order valence-electron chi connectivity index (χ1n) is 6.52. The largest absolute Gasteiger partial charge is 0.381 e. The van der Waals surface area contributed by atoms with Gasteiger partial charge < -0.3 is 5.32 Å². The van der Waals surface area contributed by atoms with Crippen LogP contribution in [0.4, 0.5) is 5.69 Å². The van der Waals surface area contributed by atoms with Gasteiger partial charge in [-0.05, 0) is 37.5 Å². The summed E-state index contributed by atoms with van der Waals surface area (Å²) in [5, 5.41) is 7.86. The van der Waals surface area contributed by atoms with Crippen LogP contribution in [-0.4, -0.2) is 15.8 Å². The molecule has 0 fully saturated rings. The third-order valence-corrected chi connectivity index (χ3v) is 2.88. The standard InChI is InChI=1S/C15H21N3/c1-12(2)11-13(3)17-14-7-4-5-8-15(14)18-10-6-9-16-18/h4-10,12-13,17H,11H2,1-3H3. The number of nitrogens with one attached hydrogen (secondary N) is 1. The first-order valence-corrected chi connectivity index (χ1v) is 6.52. The fourth-order valence-corrected chi connectivity index (χ4v) is 2.24. The lowest BCUT2D eigenvalue weighted by Gasteiger charge is -2.19. The van der Waals surface area contributed by atoms with Gasteiger partial charge in [-0.1, -0.05) is 26.0 Å². The van der Waals surface area contributed by atoms with Gasteiger partial charge in [-0.2, -0.15) is 5.10 Å². The van der Waals surface area contributed by atoms with Crippen molar-refractivity contribution in [2.75, 3.05) is 5.32 Å². The third kappa shape index (κ3) is 3.13. The Bertz CT molecular complexity index is 474. The van der Waals surface area contributed by atoms with Gasteiger partial charge in [0, 0.05) is 18.4 Å². The van der Waals surface area contributed by atoms with E-state index in [4.69, 9.17) is 0 Å². The fraction of sp³-hybridized carbons (Fsp3) is 0.400. The molecule has 3 heteroatoms. The fourth-order valence-electron chi connectivity index (χ4n) is 2.24. The van der Waals surface area contributed by atoms with Crippen molar-refractivity contribution in [1.82, 2.24) is 9.78 Å². The van der Waals surface area contributed by atoms with E-state index in [1.165, 1.54) is 0 Å². The Labute approximate surface area is 109 Å². The number of hydrogen-bond acceptors (Lipinski definition) is 2. The summed E-state index contributed by atoms with van der Waals surface area (Å²) in [6.45, 7) is 6.72. The Morgan fingerprint density at radius 1 is 1.17 bits per heavy atom. The highest BCUT2D eigenvalue weighted by atomic mass is 15.3. The van der Waals surface area contributed by atoms with Crippen LogP contribution in [0.2, 0.25) is 0 Å². The second-order valence-electron chi connectivity index (χ2n) is 5.14. The highest BCUT2D eigenvalue weighted by Gasteiger charge is 2.08. The van der Waals surface area contributed by atoms with Crippen LogP contribution in [0.5, 0.6) is 0 Å². The maximum atomic E-state index is 4.29. The van der Waals surface area contributed by atoms with Crippen LogP contribution in [0.1, 0.15) is 27.2 Å². The summed E-state index contributed by atoms with van der Waals surface area (Å²) in [7, 11) is 0. The van der Waals surface area contributed by atoms with Gasteiger partial charge in [0.1, 0.15) is 0 Å². The number of benzene rings is 1. The summed E-state index contributed by atoms with van der Waals surface area (Å²) in [6.07, 6.45) is 4.93. The van der Waals surface area contributed by atoms with Gasteiger partial charge in [0.25, 0.3) is 0 Å². The molecule has 0 aliphatic rings. The zero-order valence-electron chi connectivity index (χ0n) is 11.3. The van der Waals surface area contributed by atoms with Crippen molar-refractivity contribution < 1.29 is 0 Å². The summed E-state index contributed by atoms with van der Waals surface area (Å²) in [5.74, 6) is 0.698. The molecule has 1 aromatic carbocycles. The van der Waals surface area contributed by atoms with E-state index in [9.17, 15) is 0 Å². The SMILES string of the molecule is CC(C)CC(C)Nc1ccccc1-n1cccn1. The average molecular weight is 243 g/mol. The minimum atomic E-state index is 0.460. The molecule has 0 spiro atoms. The summed E-state index contributed by atoms with van der Waals surface area (Å²) < 4.78 is 1.89. The molecule has 3 nitrogen and oxygen atoms in total. The lowest BCUT2D eigenvalue weighted by Crippen LogP contribution is -2.18. The molecule has 2 rings (SSSR count). The number of nitrogens with zero attached hydrogens (tertiary/aromatic N) is 2. The van der Waals surface area contributed by atoms with Crippen LogP contribution in [0, 0.1) is 5.92 Å². The van der Waals surface area contributed by atoms with Crippen molar-refractivity contribution in [3.63, 3.8) is 0 Å². The van der Waals surface area contributed by atoms with E-state index in [2.05, 4.69) is 49.4 Å². The minimum absolute atomic E-state index is 0.460. The maximum Gasteiger partial charge on any atom is 0.0876 e. The summed E-state index contributed by atoms with van der Waals surface area (Å²) >= 11 is 0. The Morgan fingerprint density at radius 3 is 2.61 bits per heavy atom. The second kappa shape index (κ2) is 5.71. The van der Waals surface area contributed by atoms with E-state index in [1.54, 1.807) is 6.20 Å². The van der Waals surface area contributed by atoms with Crippen molar-refractivity contribution in [2.45, 2.75) is 33.2 Å². The number of anilines is 1. The highest BCUT2D eigenvalue weighted by Crippen LogP contribution is 2.21. The third-order valence-electron chi connectivity index (χ3n) is 2.88. The Kier molecular flexibility index (Phi) is 4.03. The molecule has 96 valence electrons. The topological polar surface area (TPSA) is 29.9 Å². The molecular formula is C15H21N3. The molecule has 0 aliphatic carbocycles. The second-order valence-corrected chi connectivity index (χ2v) is 5.14. The Balaban J connectivity index is 2.18. The molecular weight excluding hydrogens is 222 g/mol. The van der Waals surface area contributed by atoms with Crippen LogP contribution in [-0.2, 0) is 0 Å². The van der Waals surface area contributed by atoms with Crippen molar-refractivity contribution in [3.05, 3.63) is 42.7 Å². The number of para-hydroxylation sites is 2. The predicted octanol–water partition coefficient (Wildman–Crippen LogP) is 3.72. The summed E-state index contributed by atoms with van der Waals surface area (Å²) in [6, 6.07) is 10.7. The van der Waals surface area contributed by atoms with E-state index < -0.39 is 0 Å². The Morgan fingerprint density at radius 2 is 1.94 bits per heavy atom. The van der Waals surface area contributed by atoms with E-state index in [1.807, 2.05) is 23.0 Å². The summed E-state index contributed by atoms with van der Waals surface area (Å²) in [4.78, 5) is 0. The van der Waals surface area contributed by atoms with Crippen molar-refractivity contribution in [1.29, 1.82) is 0 Å². The minimum Gasteiger partial charge on any atom is -0.381 e. The molecule has 0 saturated heterocycles. The van der Waals surface area contributed by atoms with Crippen molar-refractivity contribution >= 4 is 5.69 Å². The normalized spacial score (nSPS) is 12.7. The number of hydrogen-bond donors (Lipinski definition) is 1. The zero-order valence-corrected chi connectivity index (χ0v) is 11.3. The first kappa shape index (κ1) is 12.7. The van der Waals surface area contributed by atoms with Gasteiger partial charge in [0.15, 0.2) is 0 Å². The molecule has 0 aliphatic heterocycles. The van der Waals surface area contributed by atoms with Gasteiger partial charge in [0.05, 0.1) is 11.4 Å². The van der Waals surface area contributed by atoms with Crippen molar-refractivity contribution in [3.8, 4) is 5.69 Å². The maximum absolute atomic E-state index is 4.29. The van der Waals surface area contributed by atoms with Crippen LogP contribution >= 0.6 is 0 Å². The average Bonchev–Trinajstić information content (AvgIpc) is 2.81. The van der Waals surface area contributed by atoms with Gasteiger partial charge in [0.2, 0.25) is 0 Å². The predicted molar refractivity (Wildman–Crippen MR) is 76.1 cm³/mol. The monoisotopic (exact) mass is 243 g/mol. The van der Waals surface area contributed by atoms with Crippen LogP contribution < -0.4 is 5.32 Å². The molecule has 1 heterocycles. The molecule has 18 heavy (non-hydrogen) atoms. The molecule has 1 aromatic heterocycles. The van der Waals surface area contributed by atoms with E-state index in [0.29, 0.717) is 12.0 Å². The van der Waals surface area contributed by atoms with E-state index in [0.717, 1.165) is 17.8 Å². The number of rotatable bonds is 5. The molecule has 1 atom stereocenters. The summed E-state index contributed by atoms with van der Waals surface area (Å²) in [5.41, 5.74) is 2.23. The number of aromatic nitrogens is 2. The van der Waals surface area contributed by atoms with Crippen LogP contribution in [0.25, 0.3) is 5.69 Å². The zero-order chi connectivity index (χ0) is 13.0. The molecule has 1 N–H and O–H groups in total. The highest BCUT2D eigenvalue weighted by molar-refractivity contribution is 5.60. The lowest BCUT2D eigenvalue weighted by molar-refractivity contribution is 0.539. The first-order chi connectivity index (χ1) is 8.66. The van der Waals surface area contributed by atoms with E-state index >= 15 is 0 Å². The van der Waals surface area contributed by atoms with Gasteiger partial charge in [-0.25, -0.2) is 4.68 Å². The molecule has 0 amide bonds. The van der Waals surface area contributed by atoms with Gasteiger partial charge in [-0.3, -0.25) is 0 Å². The lowest BCUT2D eigenvalue weighted by atomic mass is 10.0. The molecule has 0 bridgehead atoms. The molecule has 1 unspecified atom stereocenters. The van der Waals surface area contributed by atoms with Gasteiger partial charge in [-0.15, -0.1) is 0 Å². The van der Waals surface area contributed by atoms with Gasteiger partial charge >= 0.3 is 0 Å². The molecule has 2 aromatic rings. The smallest absolute Gasteiger partial charge is 0.0876 e. The molecule has 0 radical (unpaired) electrons.